The van der Waals surface area contributed by atoms with Crippen LogP contribution in [0.2, 0.25) is 0 Å². The molecule has 1 aromatic heterocycles. The first kappa shape index (κ1) is 20.9. The molecule has 5 nitrogen and oxygen atoms in total. The molecule has 3 heterocycles. The number of hydrogen-bond donors (Lipinski definition) is 1. The zero-order chi connectivity index (χ0) is 21.7. The number of anilines is 1. The number of alkyl halides is 5. The van der Waals surface area contributed by atoms with Gasteiger partial charge in [0, 0.05) is 25.1 Å². The number of nitrogens with zero attached hydrogens (tertiary/aromatic N) is 1. The van der Waals surface area contributed by atoms with E-state index in [1.807, 2.05) is 6.92 Å². The molecule has 2 aromatic rings. The smallest absolute Gasteiger partial charge is 0.416 e. The van der Waals surface area contributed by atoms with Crippen molar-refractivity contribution in [2.45, 2.75) is 38.0 Å². The van der Waals surface area contributed by atoms with Crippen LogP contribution < -0.4 is 10.2 Å². The van der Waals surface area contributed by atoms with E-state index in [1.165, 1.54) is 4.90 Å². The van der Waals surface area contributed by atoms with Crippen LogP contribution in [0.3, 0.4) is 0 Å². The van der Waals surface area contributed by atoms with E-state index in [2.05, 4.69) is 5.32 Å². The standard InChI is InChI=1S/C20H21F5N2O3/c1-11-4-7-29-15(8-11)19(21,22)10-27-6-5-26-18(28)17-16(27)13-9-12(20(23,24)25)2-3-14(13)30-17/h2-3,9,11,15H,4-8,10H2,1H3,(H,26,28). The summed E-state index contributed by atoms with van der Waals surface area (Å²) < 4.78 is 80.5. The van der Waals surface area contributed by atoms with Crippen LogP contribution in [0.4, 0.5) is 27.6 Å². The lowest BCUT2D eigenvalue weighted by atomic mass is 9.94. The maximum Gasteiger partial charge on any atom is 0.416 e. The highest BCUT2D eigenvalue weighted by Crippen LogP contribution is 2.41. The van der Waals surface area contributed by atoms with Crippen molar-refractivity contribution in [2.24, 2.45) is 5.92 Å². The minimum Gasteiger partial charge on any atom is -0.449 e. The summed E-state index contributed by atoms with van der Waals surface area (Å²) in [6.45, 7) is 1.37. The molecule has 0 spiro atoms. The third-order valence-corrected chi connectivity index (χ3v) is 5.60. The molecule has 0 saturated carbocycles. The van der Waals surface area contributed by atoms with Gasteiger partial charge in [-0.25, -0.2) is 8.78 Å². The molecule has 4 rings (SSSR count). The third kappa shape index (κ3) is 3.84. The van der Waals surface area contributed by atoms with Crippen molar-refractivity contribution >= 4 is 22.6 Å². The zero-order valence-corrected chi connectivity index (χ0v) is 16.2. The summed E-state index contributed by atoms with van der Waals surface area (Å²) in [7, 11) is 0. The van der Waals surface area contributed by atoms with Crippen molar-refractivity contribution in [3.05, 3.63) is 29.5 Å². The molecular formula is C20H21F5N2O3. The Labute approximate surface area is 169 Å². The van der Waals surface area contributed by atoms with E-state index >= 15 is 8.78 Å². The highest BCUT2D eigenvalue weighted by atomic mass is 19.4. The summed E-state index contributed by atoms with van der Waals surface area (Å²) in [4.78, 5) is 13.6. The maximum atomic E-state index is 15.1. The maximum absolute atomic E-state index is 15.1. The van der Waals surface area contributed by atoms with Crippen molar-refractivity contribution in [1.82, 2.24) is 5.32 Å². The topological polar surface area (TPSA) is 54.7 Å². The number of carbonyl (C=O) groups is 1. The minimum atomic E-state index is -4.62. The monoisotopic (exact) mass is 432 g/mol. The normalized spacial score (nSPS) is 23.3. The number of halogens is 5. The number of amides is 1. The number of rotatable bonds is 3. The van der Waals surface area contributed by atoms with Crippen LogP contribution in [-0.4, -0.2) is 44.2 Å². The Morgan fingerprint density at radius 3 is 2.70 bits per heavy atom. The highest BCUT2D eigenvalue weighted by Gasteiger charge is 2.45. The Bertz CT molecular complexity index is 956. The van der Waals surface area contributed by atoms with Gasteiger partial charge in [0.15, 0.2) is 0 Å². The number of furan rings is 1. The Hall–Kier alpha value is -2.36. The van der Waals surface area contributed by atoms with Gasteiger partial charge in [-0.1, -0.05) is 6.92 Å². The summed E-state index contributed by atoms with van der Waals surface area (Å²) in [5.74, 6) is -4.09. The molecule has 2 unspecified atom stereocenters. The first-order valence-corrected chi connectivity index (χ1v) is 9.72. The number of hydrogen-bond acceptors (Lipinski definition) is 4. The zero-order valence-electron chi connectivity index (χ0n) is 16.2. The first-order chi connectivity index (χ1) is 14.1. The summed E-state index contributed by atoms with van der Waals surface area (Å²) in [6, 6.07) is 2.77. The molecule has 0 aliphatic carbocycles. The SMILES string of the molecule is CC1CCOC(C(F)(F)CN2CCNC(=O)c3oc4ccc(C(F)(F)F)cc4c32)C1. The molecule has 1 amide bonds. The fourth-order valence-electron chi connectivity index (χ4n) is 4.00. The Kier molecular flexibility index (Phi) is 5.16. The number of ether oxygens (including phenoxy) is 1. The van der Waals surface area contributed by atoms with Gasteiger partial charge in [-0.3, -0.25) is 4.79 Å². The van der Waals surface area contributed by atoms with E-state index in [-0.39, 0.29) is 54.5 Å². The predicted molar refractivity (Wildman–Crippen MR) is 98.8 cm³/mol. The number of nitrogens with one attached hydrogen (secondary N) is 1. The predicted octanol–water partition coefficient (Wildman–Crippen LogP) is 4.45. The van der Waals surface area contributed by atoms with E-state index in [1.54, 1.807) is 0 Å². The molecular weight excluding hydrogens is 411 g/mol. The third-order valence-electron chi connectivity index (χ3n) is 5.60. The molecule has 0 bridgehead atoms. The second kappa shape index (κ2) is 7.40. The average Bonchev–Trinajstić information content (AvgIpc) is 2.98. The summed E-state index contributed by atoms with van der Waals surface area (Å²) in [5, 5.41) is 2.51. The molecule has 1 aromatic carbocycles. The number of fused-ring (bicyclic) bond motifs is 3. The van der Waals surface area contributed by atoms with Gasteiger partial charge >= 0.3 is 6.18 Å². The van der Waals surface area contributed by atoms with E-state index < -0.39 is 36.2 Å². The fraction of sp³-hybridized carbons (Fsp3) is 0.550. The summed E-state index contributed by atoms with van der Waals surface area (Å²) in [6.07, 6.45) is -5.02. The lowest BCUT2D eigenvalue weighted by molar-refractivity contribution is -0.155. The molecule has 1 saturated heterocycles. The lowest BCUT2D eigenvalue weighted by Gasteiger charge is -2.36. The van der Waals surface area contributed by atoms with Gasteiger partial charge in [-0.15, -0.1) is 0 Å². The van der Waals surface area contributed by atoms with Gasteiger partial charge in [0.05, 0.1) is 17.8 Å². The van der Waals surface area contributed by atoms with Crippen LogP contribution in [0, 0.1) is 5.92 Å². The van der Waals surface area contributed by atoms with Gasteiger partial charge in [-0.2, -0.15) is 13.2 Å². The highest BCUT2D eigenvalue weighted by molar-refractivity contribution is 6.07. The minimum absolute atomic E-state index is 0.00147. The first-order valence-electron chi connectivity index (χ1n) is 9.72. The Balaban J connectivity index is 1.75. The quantitative estimate of drug-likeness (QED) is 0.729. The van der Waals surface area contributed by atoms with Gasteiger partial charge in [0.1, 0.15) is 11.7 Å². The van der Waals surface area contributed by atoms with Crippen LogP contribution in [-0.2, 0) is 10.9 Å². The molecule has 2 aliphatic heterocycles. The average molecular weight is 432 g/mol. The Morgan fingerprint density at radius 1 is 1.23 bits per heavy atom. The second-order valence-electron chi connectivity index (χ2n) is 7.92. The van der Waals surface area contributed by atoms with E-state index in [4.69, 9.17) is 9.15 Å². The van der Waals surface area contributed by atoms with Crippen molar-refractivity contribution in [3.63, 3.8) is 0 Å². The van der Waals surface area contributed by atoms with Crippen LogP contribution >= 0.6 is 0 Å². The molecule has 10 heteroatoms. The van der Waals surface area contributed by atoms with Gasteiger partial charge in [0.25, 0.3) is 11.8 Å². The number of benzene rings is 1. The van der Waals surface area contributed by atoms with Gasteiger partial charge < -0.3 is 19.4 Å². The molecule has 2 aliphatic rings. The second-order valence-corrected chi connectivity index (χ2v) is 7.92. The Morgan fingerprint density at radius 2 is 2.00 bits per heavy atom. The van der Waals surface area contributed by atoms with Crippen molar-refractivity contribution in [1.29, 1.82) is 0 Å². The van der Waals surface area contributed by atoms with Crippen LogP contribution in [0.25, 0.3) is 11.0 Å². The number of carbonyl (C=O) groups excluding carboxylic acids is 1. The van der Waals surface area contributed by atoms with Crippen LogP contribution in [0.5, 0.6) is 0 Å². The molecule has 1 N–H and O–H groups in total. The molecule has 2 atom stereocenters. The van der Waals surface area contributed by atoms with Crippen molar-refractivity contribution < 1.29 is 35.9 Å². The largest absolute Gasteiger partial charge is 0.449 e. The van der Waals surface area contributed by atoms with Gasteiger partial charge in [0.2, 0.25) is 5.76 Å². The van der Waals surface area contributed by atoms with Crippen molar-refractivity contribution in [3.8, 4) is 0 Å². The van der Waals surface area contributed by atoms with E-state index in [0.717, 1.165) is 18.2 Å². The van der Waals surface area contributed by atoms with Crippen molar-refractivity contribution in [2.75, 3.05) is 31.1 Å². The van der Waals surface area contributed by atoms with E-state index in [9.17, 15) is 18.0 Å². The summed E-state index contributed by atoms with van der Waals surface area (Å²) in [5.41, 5.74) is -0.963. The lowest BCUT2D eigenvalue weighted by Crippen LogP contribution is -2.49. The molecule has 0 radical (unpaired) electrons. The van der Waals surface area contributed by atoms with Crippen LogP contribution in [0.1, 0.15) is 35.9 Å². The van der Waals surface area contributed by atoms with Gasteiger partial charge in [-0.05, 0) is 37.0 Å². The van der Waals surface area contributed by atoms with E-state index in [0.29, 0.717) is 6.42 Å². The summed E-state index contributed by atoms with van der Waals surface area (Å²) >= 11 is 0. The fourth-order valence-corrected chi connectivity index (χ4v) is 4.00. The van der Waals surface area contributed by atoms with Crippen LogP contribution in [0.15, 0.2) is 22.6 Å². The molecule has 164 valence electrons. The molecule has 30 heavy (non-hydrogen) atoms. The molecule has 1 fully saturated rings.